The van der Waals surface area contributed by atoms with Crippen LogP contribution in [0.4, 0.5) is 17.1 Å². The number of nitrogens with one attached hydrogen (secondary N) is 1. The topological polar surface area (TPSA) is 102 Å². The minimum atomic E-state index is -4.05. The van der Waals surface area contributed by atoms with Crippen molar-refractivity contribution in [3.05, 3.63) is 52.6 Å². The Morgan fingerprint density at radius 1 is 1.12 bits per heavy atom. The molecule has 2 aromatic rings. The standard InChI is InChI=1S/C17H21N3O5S/c1-4-19(5-2)14-8-6-13(7-9-14)18-26(23,24)17-12-15(20(21)22)10-11-16(17)25-3/h6-12,18H,4-5H2,1-3H3. The normalized spacial score (nSPS) is 11.0. The van der Waals surface area contributed by atoms with E-state index in [1.54, 1.807) is 12.1 Å². The molecule has 0 fully saturated rings. The Labute approximate surface area is 152 Å². The van der Waals surface area contributed by atoms with Crippen molar-refractivity contribution in [1.29, 1.82) is 0 Å². The minimum Gasteiger partial charge on any atom is -0.495 e. The van der Waals surface area contributed by atoms with Gasteiger partial charge in [0.05, 0.1) is 12.0 Å². The number of benzene rings is 2. The van der Waals surface area contributed by atoms with Gasteiger partial charge in [-0.25, -0.2) is 8.42 Å². The van der Waals surface area contributed by atoms with E-state index in [0.717, 1.165) is 24.8 Å². The molecule has 0 aromatic heterocycles. The Morgan fingerprint density at radius 3 is 2.23 bits per heavy atom. The van der Waals surface area contributed by atoms with Gasteiger partial charge >= 0.3 is 0 Å². The van der Waals surface area contributed by atoms with Crippen molar-refractivity contribution in [2.24, 2.45) is 0 Å². The number of non-ortho nitro benzene ring substituents is 1. The second-order valence-electron chi connectivity index (χ2n) is 5.42. The van der Waals surface area contributed by atoms with Crippen molar-refractivity contribution in [1.82, 2.24) is 0 Å². The third-order valence-corrected chi connectivity index (χ3v) is 5.30. The Balaban J connectivity index is 2.34. The molecular formula is C17H21N3O5S. The average Bonchev–Trinajstić information content (AvgIpc) is 2.63. The zero-order chi connectivity index (χ0) is 19.3. The largest absolute Gasteiger partial charge is 0.495 e. The molecule has 0 atom stereocenters. The number of sulfonamides is 1. The molecule has 0 saturated carbocycles. The molecule has 26 heavy (non-hydrogen) atoms. The van der Waals surface area contributed by atoms with Crippen molar-refractivity contribution in [3.63, 3.8) is 0 Å². The quantitative estimate of drug-likeness (QED) is 0.558. The summed E-state index contributed by atoms with van der Waals surface area (Å²) in [6.07, 6.45) is 0. The summed E-state index contributed by atoms with van der Waals surface area (Å²) in [5, 5.41) is 10.9. The van der Waals surface area contributed by atoms with Crippen molar-refractivity contribution in [3.8, 4) is 5.75 Å². The lowest BCUT2D eigenvalue weighted by molar-refractivity contribution is -0.385. The van der Waals surface area contributed by atoms with Crippen molar-refractivity contribution in [2.45, 2.75) is 18.7 Å². The summed E-state index contributed by atoms with van der Waals surface area (Å²) < 4.78 is 32.8. The van der Waals surface area contributed by atoms with E-state index in [1.165, 1.54) is 19.2 Å². The Hall–Kier alpha value is -2.81. The van der Waals surface area contributed by atoms with Gasteiger partial charge in [-0.3, -0.25) is 14.8 Å². The Morgan fingerprint density at radius 2 is 1.73 bits per heavy atom. The maximum absolute atomic E-state index is 12.7. The highest BCUT2D eigenvalue weighted by molar-refractivity contribution is 7.92. The molecule has 0 saturated heterocycles. The molecule has 2 rings (SSSR count). The fourth-order valence-electron chi connectivity index (χ4n) is 2.53. The van der Waals surface area contributed by atoms with Crippen molar-refractivity contribution >= 4 is 27.1 Å². The first kappa shape index (κ1) is 19.5. The molecule has 140 valence electrons. The molecule has 0 bridgehead atoms. The summed E-state index contributed by atoms with van der Waals surface area (Å²) in [7, 11) is -2.74. The maximum Gasteiger partial charge on any atom is 0.271 e. The number of nitro groups is 1. The molecule has 2 aromatic carbocycles. The predicted octanol–water partition coefficient (Wildman–Crippen LogP) is 3.25. The minimum absolute atomic E-state index is 0.0304. The summed E-state index contributed by atoms with van der Waals surface area (Å²) in [6, 6.07) is 10.4. The SMILES string of the molecule is CCN(CC)c1ccc(NS(=O)(=O)c2cc([N+](=O)[O-])ccc2OC)cc1. The van der Waals surface area contributed by atoms with Gasteiger partial charge in [-0.2, -0.15) is 0 Å². The van der Waals surface area contributed by atoms with Gasteiger partial charge in [0.25, 0.3) is 15.7 Å². The van der Waals surface area contributed by atoms with Gasteiger partial charge in [-0.15, -0.1) is 0 Å². The monoisotopic (exact) mass is 379 g/mol. The second-order valence-corrected chi connectivity index (χ2v) is 7.07. The predicted molar refractivity (Wildman–Crippen MR) is 100 cm³/mol. The zero-order valence-corrected chi connectivity index (χ0v) is 15.6. The molecule has 0 spiro atoms. The number of hydrogen-bond acceptors (Lipinski definition) is 6. The van der Waals surface area contributed by atoms with Crippen LogP contribution in [0, 0.1) is 10.1 Å². The number of anilines is 2. The van der Waals surface area contributed by atoms with Crippen LogP contribution < -0.4 is 14.4 Å². The molecule has 0 amide bonds. The summed E-state index contributed by atoms with van der Waals surface area (Å²) in [5.74, 6) is 0.0304. The van der Waals surface area contributed by atoms with Gasteiger partial charge in [-0.05, 0) is 44.2 Å². The lowest BCUT2D eigenvalue weighted by atomic mass is 10.2. The Bertz CT molecular complexity index is 878. The Kier molecular flexibility index (Phi) is 6.04. The highest BCUT2D eigenvalue weighted by atomic mass is 32.2. The molecule has 0 unspecified atom stereocenters. The molecule has 9 heteroatoms. The highest BCUT2D eigenvalue weighted by Crippen LogP contribution is 2.30. The number of ether oxygens (including phenoxy) is 1. The van der Waals surface area contributed by atoms with Gasteiger partial charge in [0.15, 0.2) is 0 Å². The van der Waals surface area contributed by atoms with Crippen molar-refractivity contribution < 1.29 is 18.1 Å². The van der Waals surface area contributed by atoms with Crippen LogP contribution in [0.1, 0.15) is 13.8 Å². The molecule has 0 aliphatic rings. The van der Waals surface area contributed by atoms with Crippen LogP contribution in [-0.2, 0) is 10.0 Å². The lowest BCUT2D eigenvalue weighted by Gasteiger charge is -2.21. The molecule has 1 N–H and O–H groups in total. The van der Waals surface area contributed by atoms with Crippen LogP contribution in [0.25, 0.3) is 0 Å². The van der Waals surface area contributed by atoms with Crippen LogP contribution in [0.5, 0.6) is 5.75 Å². The van der Waals surface area contributed by atoms with Crippen LogP contribution in [0.2, 0.25) is 0 Å². The van der Waals surface area contributed by atoms with E-state index in [0.29, 0.717) is 5.69 Å². The first-order valence-corrected chi connectivity index (χ1v) is 9.51. The summed E-state index contributed by atoms with van der Waals surface area (Å²) in [6.45, 7) is 5.75. The number of nitro benzene ring substituents is 1. The fourth-order valence-corrected chi connectivity index (χ4v) is 3.78. The first-order valence-electron chi connectivity index (χ1n) is 8.02. The fraction of sp³-hybridized carbons (Fsp3) is 0.294. The molecule has 0 aliphatic carbocycles. The zero-order valence-electron chi connectivity index (χ0n) is 14.8. The first-order chi connectivity index (χ1) is 12.3. The summed E-state index contributed by atoms with van der Waals surface area (Å²) in [5.41, 5.74) is 1.00. The number of hydrogen-bond donors (Lipinski definition) is 1. The van der Waals surface area contributed by atoms with Gasteiger partial charge < -0.3 is 9.64 Å². The van der Waals surface area contributed by atoms with E-state index in [-0.39, 0.29) is 16.3 Å². The van der Waals surface area contributed by atoms with Crippen LogP contribution in [0.15, 0.2) is 47.4 Å². The third-order valence-electron chi connectivity index (χ3n) is 3.90. The maximum atomic E-state index is 12.7. The second kappa shape index (κ2) is 8.05. The molecule has 0 aliphatic heterocycles. The van der Waals surface area contributed by atoms with E-state index >= 15 is 0 Å². The highest BCUT2D eigenvalue weighted by Gasteiger charge is 2.23. The van der Waals surface area contributed by atoms with E-state index in [2.05, 4.69) is 9.62 Å². The lowest BCUT2D eigenvalue weighted by Crippen LogP contribution is -2.21. The van der Waals surface area contributed by atoms with Gasteiger partial charge in [0, 0.05) is 36.6 Å². The number of rotatable bonds is 8. The van der Waals surface area contributed by atoms with E-state index in [4.69, 9.17) is 4.74 Å². The number of methoxy groups -OCH3 is 1. The van der Waals surface area contributed by atoms with E-state index < -0.39 is 14.9 Å². The smallest absolute Gasteiger partial charge is 0.271 e. The van der Waals surface area contributed by atoms with E-state index in [9.17, 15) is 18.5 Å². The molecule has 0 radical (unpaired) electrons. The van der Waals surface area contributed by atoms with Crippen LogP contribution >= 0.6 is 0 Å². The molecule has 8 nitrogen and oxygen atoms in total. The van der Waals surface area contributed by atoms with Gasteiger partial charge in [0.2, 0.25) is 0 Å². The number of nitrogens with zero attached hydrogens (tertiary/aromatic N) is 2. The summed E-state index contributed by atoms with van der Waals surface area (Å²) in [4.78, 5) is 12.1. The van der Waals surface area contributed by atoms with Gasteiger partial charge in [-0.1, -0.05) is 0 Å². The van der Waals surface area contributed by atoms with Crippen LogP contribution in [-0.4, -0.2) is 33.5 Å². The van der Waals surface area contributed by atoms with Crippen molar-refractivity contribution in [2.75, 3.05) is 29.8 Å². The van der Waals surface area contributed by atoms with E-state index in [1.807, 2.05) is 26.0 Å². The van der Waals surface area contributed by atoms with Gasteiger partial charge in [0.1, 0.15) is 10.6 Å². The molecule has 0 heterocycles. The molecular weight excluding hydrogens is 358 g/mol. The van der Waals surface area contributed by atoms with Crippen LogP contribution in [0.3, 0.4) is 0 Å². The summed E-state index contributed by atoms with van der Waals surface area (Å²) >= 11 is 0. The third kappa shape index (κ3) is 4.23. The average molecular weight is 379 g/mol.